The summed E-state index contributed by atoms with van der Waals surface area (Å²) in [7, 11) is 2.82. The van der Waals surface area contributed by atoms with Gasteiger partial charge in [-0.25, -0.2) is 0 Å². The van der Waals surface area contributed by atoms with Crippen LogP contribution in [0.25, 0.3) is 0 Å². The molecule has 0 aliphatic carbocycles. The Morgan fingerprint density at radius 1 is 1.46 bits per heavy atom. The van der Waals surface area contributed by atoms with Crippen LogP contribution in [0.4, 0.5) is 13.2 Å². The lowest BCUT2D eigenvalue weighted by molar-refractivity contribution is -0.178. The second-order valence-electron chi connectivity index (χ2n) is 2.77. The van der Waals surface area contributed by atoms with Crippen molar-refractivity contribution in [2.24, 2.45) is 5.73 Å². The molecular weight excluding hydrogens is 185 g/mol. The first-order valence-corrected chi connectivity index (χ1v) is 3.89. The smallest absolute Gasteiger partial charge is 0.383 e. The lowest BCUT2D eigenvalue weighted by atomic mass is 10.2. The van der Waals surface area contributed by atoms with Crippen molar-refractivity contribution in [3.8, 4) is 0 Å². The summed E-state index contributed by atoms with van der Waals surface area (Å²) in [6.45, 7) is 0.0602. The Morgan fingerprint density at radius 3 is 2.31 bits per heavy atom. The minimum Gasteiger partial charge on any atom is -0.383 e. The Kier molecular flexibility index (Phi) is 5.27. The molecule has 0 radical (unpaired) electrons. The number of alkyl halides is 3. The first-order valence-electron chi connectivity index (χ1n) is 3.89. The summed E-state index contributed by atoms with van der Waals surface area (Å²) in [6.07, 6.45) is -4.27. The van der Waals surface area contributed by atoms with E-state index in [0.717, 1.165) is 4.90 Å². The van der Waals surface area contributed by atoms with Crippen LogP contribution in [0.3, 0.4) is 0 Å². The van der Waals surface area contributed by atoms with Crippen LogP contribution in [-0.2, 0) is 4.74 Å². The Bertz CT molecular complexity index is 140. The van der Waals surface area contributed by atoms with Gasteiger partial charge in [-0.05, 0) is 7.05 Å². The monoisotopic (exact) mass is 200 g/mol. The van der Waals surface area contributed by atoms with Crippen LogP contribution in [0.15, 0.2) is 0 Å². The summed E-state index contributed by atoms with van der Waals surface area (Å²) in [4.78, 5) is 1.14. The fourth-order valence-electron chi connectivity index (χ4n) is 0.955. The molecule has 13 heavy (non-hydrogen) atoms. The molecule has 0 amide bonds. The molecule has 80 valence electrons. The van der Waals surface area contributed by atoms with Gasteiger partial charge in [-0.2, -0.15) is 13.2 Å². The summed E-state index contributed by atoms with van der Waals surface area (Å²) in [5, 5.41) is 0. The zero-order valence-corrected chi connectivity index (χ0v) is 7.77. The van der Waals surface area contributed by atoms with Gasteiger partial charge in [-0.15, -0.1) is 0 Å². The number of hydrogen-bond donors (Lipinski definition) is 1. The van der Waals surface area contributed by atoms with Crippen molar-refractivity contribution in [1.82, 2.24) is 4.90 Å². The summed E-state index contributed by atoms with van der Waals surface area (Å²) in [6, 6.07) is -1.58. The quantitative estimate of drug-likeness (QED) is 0.700. The summed E-state index contributed by atoms with van der Waals surface area (Å²) < 4.78 is 41.4. The van der Waals surface area contributed by atoms with E-state index in [2.05, 4.69) is 4.74 Å². The van der Waals surface area contributed by atoms with Gasteiger partial charge in [-0.1, -0.05) is 0 Å². The molecule has 2 N–H and O–H groups in total. The molecule has 0 bridgehead atoms. The van der Waals surface area contributed by atoms with E-state index in [1.54, 1.807) is 0 Å². The molecule has 0 aromatic heterocycles. The first kappa shape index (κ1) is 12.7. The van der Waals surface area contributed by atoms with Crippen LogP contribution in [-0.4, -0.2) is 51.0 Å². The topological polar surface area (TPSA) is 38.5 Å². The Hall–Kier alpha value is -0.330. The molecule has 0 aromatic rings. The molecular formula is C7H15F3N2O. The highest BCUT2D eigenvalue weighted by atomic mass is 19.4. The van der Waals surface area contributed by atoms with Gasteiger partial charge in [0.1, 0.15) is 6.04 Å². The van der Waals surface area contributed by atoms with Gasteiger partial charge in [0.15, 0.2) is 0 Å². The highest BCUT2D eigenvalue weighted by Gasteiger charge is 2.40. The van der Waals surface area contributed by atoms with Crippen molar-refractivity contribution in [1.29, 1.82) is 0 Å². The second-order valence-corrected chi connectivity index (χ2v) is 2.77. The average molecular weight is 200 g/mol. The number of nitrogens with zero attached hydrogens (tertiary/aromatic N) is 1. The molecule has 0 saturated heterocycles. The minimum absolute atomic E-state index is 0.220. The second kappa shape index (κ2) is 5.41. The molecule has 0 spiro atoms. The predicted molar refractivity (Wildman–Crippen MR) is 43.4 cm³/mol. The van der Waals surface area contributed by atoms with E-state index < -0.39 is 18.8 Å². The lowest BCUT2D eigenvalue weighted by Crippen LogP contribution is -2.49. The molecule has 0 aliphatic heterocycles. The van der Waals surface area contributed by atoms with E-state index in [-0.39, 0.29) is 13.2 Å². The van der Waals surface area contributed by atoms with Crippen LogP contribution in [0.5, 0.6) is 0 Å². The zero-order valence-electron chi connectivity index (χ0n) is 7.77. The van der Waals surface area contributed by atoms with Gasteiger partial charge in [0.2, 0.25) is 0 Å². The van der Waals surface area contributed by atoms with E-state index in [0.29, 0.717) is 0 Å². The number of nitrogens with two attached hydrogens (primary N) is 1. The molecule has 0 saturated carbocycles. The standard InChI is InChI=1S/C7H15F3N2O/c1-12(3-4-13-2)6(5-11)7(8,9)10/h6H,3-5,11H2,1-2H3. The van der Waals surface area contributed by atoms with Gasteiger partial charge >= 0.3 is 6.18 Å². The largest absolute Gasteiger partial charge is 0.405 e. The molecule has 0 fully saturated rings. The number of likely N-dealkylation sites (N-methyl/N-ethyl adjacent to an activating group) is 1. The molecule has 6 heteroatoms. The first-order chi connectivity index (χ1) is 5.93. The van der Waals surface area contributed by atoms with Crippen LogP contribution in [0, 0.1) is 0 Å². The number of methoxy groups -OCH3 is 1. The maximum absolute atomic E-state index is 12.2. The molecule has 0 heterocycles. The van der Waals surface area contributed by atoms with Crippen molar-refractivity contribution >= 4 is 0 Å². The third-order valence-corrected chi connectivity index (χ3v) is 1.78. The maximum Gasteiger partial charge on any atom is 0.405 e. The van der Waals surface area contributed by atoms with Crippen molar-refractivity contribution < 1.29 is 17.9 Å². The van der Waals surface area contributed by atoms with Gasteiger partial charge in [0.25, 0.3) is 0 Å². The fraction of sp³-hybridized carbons (Fsp3) is 1.00. The van der Waals surface area contributed by atoms with Crippen molar-refractivity contribution in [3.63, 3.8) is 0 Å². The van der Waals surface area contributed by atoms with Gasteiger partial charge in [-0.3, -0.25) is 4.90 Å². The zero-order chi connectivity index (χ0) is 10.5. The highest BCUT2D eigenvalue weighted by molar-refractivity contribution is 4.77. The molecule has 1 atom stereocenters. The summed E-state index contributed by atoms with van der Waals surface area (Å²) >= 11 is 0. The minimum atomic E-state index is -4.27. The summed E-state index contributed by atoms with van der Waals surface area (Å²) in [5.41, 5.74) is 5.03. The molecule has 0 rings (SSSR count). The van der Waals surface area contributed by atoms with E-state index in [4.69, 9.17) is 5.73 Å². The van der Waals surface area contributed by atoms with Crippen LogP contribution in [0.2, 0.25) is 0 Å². The molecule has 1 unspecified atom stereocenters. The third-order valence-electron chi connectivity index (χ3n) is 1.78. The van der Waals surface area contributed by atoms with Crippen molar-refractivity contribution in [2.75, 3.05) is 33.9 Å². The maximum atomic E-state index is 12.2. The van der Waals surface area contributed by atoms with Crippen LogP contribution in [0.1, 0.15) is 0 Å². The highest BCUT2D eigenvalue weighted by Crippen LogP contribution is 2.22. The average Bonchev–Trinajstić information content (AvgIpc) is 1.99. The number of halogens is 3. The lowest BCUT2D eigenvalue weighted by Gasteiger charge is -2.28. The summed E-state index contributed by atoms with van der Waals surface area (Å²) in [5.74, 6) is 0. The Morgan fingerprint density at radius 2 is 2.00 bits per heavy atom. The van der Waals surface area contributed by atoms with Gasteiger partial charge in [0.05, 0.1) is 6.61 Å². The number of hydrogen-bond acceptors (Lipinski definition) is 3. The van der Waals surface area contributed by atoms with Crippen LogP contribution >= 0.6 is 0 Å². The Balaban J connectivity index is 4.07. The molecule has 0 aromatic carbocycles. The van der Waals surface area contributed by atoms with E-state index in [1.807, 2.05) is 0 Å². The number of ether oxygens (including phenoxy) is 1. The third kappa shape index (κ3) is 4.44. The number of rotatable bonds is 5. The molecule has 3 nitrogen and oxygen atoms in total. The predicted octanol–water partition coefficient (Wildman–Crippen LogP) is 0.454. The van der Waals surface area contributed by atoms with Crippen molar-refractivity contribution in [2.45, 2.75) is 12.2 Å². The fourth-order valence-corrected chi connectivity index (χ4v) is 0.955. The normalized spacial score (nSPS) is 15.0. The SMILES string of the molecule is COCCN(C)C(CN)C(F)(F)F. The van der Waals surface area contributed by atoms with Crippen molar-refractivity contribution in [3.05, 3.63) is 0 Å². The van der Waals surface area contributed by atoms with E-state index in [9.17, 15) is 13.2 Å². The van der Waals surface area contributed by atoms with Gasteiger partial charge in [0, 0.05) is 20.2 Å². The van der Waals surface area contributed by atoms with E-state index in [1.165, 1.54) is 14.2 Å². The van der Waals surface area contributed by atoms with E-state index >= 15 is 0 Å². The van der Waals surface area contributed by atoms with Gasteiger partial charge < -0.3 is 10.5 Å². The van der Waals surface area contributed by atoms with Crippen LogP contribution < -0.4 is 5.73 Å². The Labute approximate surface area is 75.6 Å². The molecule has 0 aliphatic rings.